The van der Waals surface area contributed by atoms with E-state index in [1.54, 1.807) is 0 Å². The number of rotatable bonds is 4. The summed E-state index contributed by atoms with van der Waals surface area (Å²) in [5.74, 6) is 0.799. The minimum Gasteiger partial charge on any atom is -0.391 e. The molecule has 2 aliphatic rings. The largest absolute Gasteiger partial charge is 0.391 e. The van der Waals surface area contributed by atoms with Crippen LogP contribution in [0.25, 0.3) is 0 Å². The highest BCUT2D eigenvalue weighted by Gasteiger charge is 2.43. The van der Waals surface area contributed by atoms with Gasteiger partial charge in [0, 0.05) is 5.54 Å². The molecule has 0 amide bonds. The van der Waals surface area contributed by atoms with Gasteiger partial charge in [0.15, 0.2) is 0 Å². The Balaban J connectivity index is 1.96. The Morgan fingerprint density at radius 2 is 1.69 bits per heavy atom. The second-order valence-electron chi connectivity index (χ2n) is 6.11. The van der Waals surface area contributed by atoms with Gasteiger partial charge in [-0.25, -0.2) is 0 Å². The van der Waals surface area contributed by atoms with E-state index in [1.807, 2.05) is 0 Å². The van der Waals surface area contributed by atoms with Crippen LogP contribution in [-0.4, -0.2) is 35.7 Å². The van der Waals surface area contributed by atoms with E-state index >= 15 is 0 Å². The molecule has 0 aromatic rings. The fourth-order valence-electron chi connectivity index (χ4n) is 3.85. The lowest BCUT2D eigenvalue weighted by Gasteiger charge is -2.41. The van der Waals surface area contributed by atoms with Crippen LogP contribution < -0.4 is 0 Å². The molecule has 2 fully saturated rings. The first kappa shape index (κ1) is 12.4. The summed E-state index contributed by atoms with van der Waals surface area (Å²) in [6.45, 7) is 0. The van der Waals surface area contributed by atoms with Gasteiger partial charge in [0.05, 0.1) is 6.10 Å². The molecular formula is C14H27NO. The maximum absolute atomic E-state index is 10.6. The van der Waals surface area contributed by atoms with Crippen LogP contribution in [0, 0.1) is 5.92 Å². The first-order chi connectivity index (χ1) is 7.65. The van der Waals surface area contributed by atoms with Crippen LogP contribution in [-0.2, 0) is 0 Å². The van der Waals surface area contributed by atoms with Crippen LogP contribution >= 0.6 is 0 Å². The SMILES string of the molecule is CN(C)C1(C(O)CC2CCCC2)CCCC1. The Morgan fingerprint density at radius 3 is 2.19 bits per heavy atom. The van der Waals surface area contributed by atoms with E-state index in [2.05, 4.69) is 19.0 Å². The highest BCUT2D eigenvalue weighted by Crippen LogP contribution is 2.40. The highest BCUT2D eigenvalue weighted by molar-refractivity contribution is 4.99. The molecule has 0 aromatic carbocycles. The summed E-state index contributed by atoms with van der Waals surface area (Å²) in [5, 5.41) is 10.6. The van der Waals surface area contributed by atoms with Crippen molar-refractivity contribution in [2.24, 2.45) is 5.92 Å². The summed E-state index contributed by atoms with van der Waals surface area (Å²) < 4.78 is 0. The molecule has 0 radical (unpaired) electrons. The van der Waals surface area contributed by atoms with E-state index in [0.29, 0.717) is 0 Å². The van der Waals surface area contributed by atoms with Gasteiger partial charge in [-0.15, -0.1) is 0 Å². The quantitative estimate of drug-likeness (QED) is 0.795. The van der Waals surface area contributed by atoms with Crippen molar-refractivity contribution >= 4 is 0 Å². The van der Waals surface area contributed by atoms with Crippen molar-refractivity contribution in [3.8, 4) is 0 Å². The molecule has 0 aromatic heterocycles. The second kappa shape index (κ2) is 5.05. The van der Waals surface area contributed by atoms with Crippen molar-refractivity contribution in [1.29, 1.82) is 0 Å². The molecule has 0 heterocycles. The minimum absolute atomic E-state index is 0.0998. The standard InChI is InChI=1S/C14H27NO/c1-15(2)14(9-5-6-10-14)13(16)11-12-7-3-4-8-12/h12-13,16H,3-11H2,1-2H3. The van der Waals surface area contributed by atoms with Crippen molar-refractivity contribution in [2.45, 2.75) is 69.4 Å². The van der Waals surface area contributed by atoms with Crippen LogP contribution in [0.1, 0.15) is 57.8 Å². The summed E-state index contributed by atoms with van der Waals surface area (Å²) in [5.41, 5.74) is 0.0998. The number of hydrogen-bond donors (Lipinski definition) is 1. The molecule has 1 N–H and O–H groups in total. The number of hydrogen-bond acceptors (Lipinski definition) is 2. The van der Waals surface area contributed by atoms with Crippen LogP contribution in [0.3, 0.4) is 0 Å². The summed E-state index contributed by atoms with van der Waals surface area (Å²) in [7, 11) is 4.28. The third-order valence-corrected chi connectivity index (χ3v) is 5.01. The minimum atomic E-state index is -0.104. The number of likely N-dealkylation sites (N-methyl/N-ethyl adjacent to an activating group) is 1. The van der Waals surface area contributed by atoms with Gasteiger partial charge in [0.2, 0.25) is 0 Å². The fourth-order valence-corrected chi connectivity index (χ4v) is 3.85. The van der Waals surface area contributed by atoms with E-state index in [1.165, 1.54) is 51.4 Å². The average Bonchev–Trinajstić information content (AvgIpc) is 2.87. The zero-order valence-corrected chi connectivity index (χ0v) is 10.9. The van der Waals surface area contributed by atoms with Gasteiger partial charge >= 0.3 is 0 Å². The van der Waals surface area contributed by atoms with Crippen LogP contribution in [0.15, 0.2) is 0 Å². The Hall–Kier alpha value is -0.0800. The van der Waals surface area contributed by atoms with Gasteiger partial charge in [-0.2, -0.15) is 0 Å². The fraction of sp³-hybridized carbons (Fsp3) is 1.00. The molecule has 2 rings (SSSR count). The molecule has 16 heavy (non-hydrogen) atoms. The topological polar surface area (TPSA) is 23.5 Å². The monoisotopic (exact) mass is 225 g/mol. The summed E-state index contributed by atoms with van der Waals surface area (Å²) in [4.78, 5) is 2.29. The zero-order valence-electron chi connectivity index (χ0n) is 10.9. The van der Waals surface area contributed by atoms with Crippen molar-refractivity contribution < 1.29 is 5.11 Å². The van der Waals surface area contributed by atoms with Gasteiger partial charge < -0.3 is 10.0 Å². The molecular weight excluding hydrogens is 198 g/mol. The molecule has 0 aliphatic heterocycles. The smallest absolute Gasteiger partial charge is 0.0726 e. The highest BCUT2D eigenvalue weighted by atomic mass is 16.3. The van der Waals surface area contributed by atoms with Gasteiger partial charge in [0.1, 0.15) is 0 Å². The molecule has 0 spiro atoms. The summed E-state index contributed by atoms with van der Waals surface area (Å²) in [6, 6.07) is 0. The number of nitrogens with zero attached hydrogens (tertiary/aromatic N) is 1. The maximum Gasteiger partial charge on any atom is 0.0726 e. The van der Waals surface area contributed by atoms with Crippen molar-refractivity contribution in [3.05, 3.63) is 0 Å². The van der Waals surface area contributed by atoms with Crippen molar-refractivity contribution in [1.82, 2.24) is 4.90 Å². The lowest BCUT2D eigenvalue weighted by molar-refractivity contribution is -0.0164. The normalized spacial score (nSPS) is 27.8. The van der Waals surface area contributed by atoms with E-state index in [4.69, 9.17) is 0 Å². The lowest BCUT2D eigenvalue weighted by atomic mass is 9.83. The molecule has 2 heteroatoms. The summed E-state index contributed by atoms with van der Waals surface area (Å²) in [6.07, 6.45) is 11.4. The molecule has 1 atom stereocenters. The Morgan fingerprint density at radius 1 is 1.12 bits per heavy atom. The van der Waals surface area contributed by atoms with E-state index < -0.39 is 0 Å². The molecule has 0 saturated heterocycles. The maximum atomic E-state index is 10.6. The van der Waals surface area contributed by atoms with Gasteiger partial charge in [-0.1, -0.05) is 38.5 Å². The van der Waals surface area contributed by atoms with Gasteiger partial charge in [0.25, 0.3) is 0 Å². The molecule has 0 bridgehead atoms. The second-order valence-corrected chi connectivity index (χ2v) is 6.11. The van der Waals surface area contributed by atoms with Gasteiger partial charge in [-0.3, -0.25) is 0 Å². The van der Waals surface area contributed by atoms with E-state index in [-0.39, 0.29) is 11.6 Å². The van der Waals surface area contributed by atoms with Gasteiger partial charge in [-0.05, 0) is 39.3 Å². The Bertz CT molecular complexity index is 215. The van der Waals surface area contributed by atoms with E-state index in [0.717, 1.165) is 12.3 Å². The predicted octanol–water partition coefficient (Wildman–Crippen LogP) is 2.80. The lowest BCUT2D eigenvalue weighted by Crippen LogP contribution is -2.52. The summed E-state index contributed by atoms with van der Waals surface area (Å²) >= 11 is 0. The first-order valence-electron chi connectivity index (χ1n) is 7.01. The molecule has 94 valence electrons. The number of aliphatic hydroxyl groups is 1. The Labute approximate surface area is 100 Å². The van der Waals surface area contributed by atoms with Crippen LogP contribution in [0.2, 0.25) is 0 Å². The molecule has 2 saturated carbocycles. The molecule has 1 unspecified atom stereocenters. The molecule has 2 aliphatic carbocycles. The van der Waals surface area contributed by atoms with Crippen molar-refractivity contribution in [2.75, 3.05) is 14.1 Å². The molecule has 2 nitrogen and oxygen atoms in total. The number of aliphatic hydroxyl groups excluding tert-OH is 1. The third kappa shape index (κ3) is 2.28. The van der Waals surface area contributed by atoms with Crippen molar-refractivity contribution in [3.63, 3.8) is 0 Å². The first-order valence-corrected chi connectivity index (χ1v) is 7.01. The zero-order chi connectivity index (χ0) is 11.6. The van der Waals surface area contributed by atoms with Crippen LogP contribution in [0.5, 0.6) is 0 Å². The Kier molecular flexibility index (Phi) is 3.91. The average molecular weight is 225 g/mol. The third-order valence-electron chi connectivity index (χ3n) is 5.01. The predicted molar refractivity (Wildman–Crippen MR) is 67.5 cm³/mol. The van der Waals surface area contributed by atoms with Crippen LogP contribution in [0.4, 0.5) is 0 Å². The van der Waals surface area contributed by atoms with E-state index in [9.17, 15) is 5.11 Å².